The second-order valence-corrected chi connectivity index (χ2v) is 7.27. The SMILES string of the molecule is CC(C)(C)S(=O)/N=C/CCC(=O)OCc1ccccc1. The van der Waals surface area contributed by atoms with Gasteiger partial charge in [0.15, 0.2) is 0 Å². The first-order valence-corrected chi connectivity index (χ1v) is 7.64. The molecule has 1 rings (SSSR count). The number of nitrogens with zero attached hydrogens (tertiary/aromatic N) is 1. The summed E-state index contributed by atoms with van der Waals surface area (Å²) in [6.45, 7) is 5.85. The average molecular weight is 295 g/mol. The van der Waals surface area contributed by atoms with Gasteiger partial charge in [-0.25, -0.2) is 4.21 Å². The number of ether oxygens (including phenoxy) is 1. The predicted molar refractivity (Wildman–Crippen MR) is 81.9 cm³/mol. The van der Waals surface area contributed by atoms with Crippen molar-refractivity contribution in [3.05, 3.63) is 35.9 Å². The van der Waals surface area contributed by atoms with E-state index >= 15 is 0 Å². The van der Waals surface area contributed by atoms with E-state index in [0.717, 1.165) is 5.56 Å². The average Bonchev–Trinajstić information content (AvgIpc) is 2.41. The summed E-state index contributed by atoms with van der Waals surface area (Å²) in [5.74, 6) is -0.276. The molecule has 0 aliphatic rings. The lowest BCUT2D eigenvalue weighted by molar-refractivity contribution is -0.144. The molecule has 0 heterocycles. The van der Waals surface area contributed by atoms with Crippen molar-refractivity contribution in [2.24, 2.45) is 4.40 Å². The quantitative estimate of drug-likeness (QED) is 0.598. The van der Waals surface area contributed by atoms with Crippen LogP contribution in [0.4, 0.5) is 0 Å². The Kier molecular flexibility index (Phi) is 6.58. The highest BCUT2D eigenvalue weighted by molar-refractivity contribution is 7.85. The van der Waals surface area contributed by atoms with Crippen LogP contribution < -0.4 is 0 Å². The third-order valence-electron chi connectivity index (χ3n) is 2.41. The number of carbonyl (C=O) groups is 1. The molecule has 0 radical (unpaired) electrons. The highest BCUT2D eigenvalue weighted by atomic mass is 32.2. The molecule has 0 aliphatic heterocycles. The maximum atomic E-state index is 11.6. The second-order valence-electron chi connectivity index (χ2n) is 5.33. The lowest BCUT2D eigenvalue weighted by Gasteiger charge is -2.12. The predicted octanol–water partition coefficient (Wildman–Crippen LogP) is 3.04. The Hall–Kier alpha value is -1.49. The van der Waals surface area contributed by atoms with E-state index in [1.54, 1.807) is 0 Å². The Labute approximate surface area is 122 Å². The minimum Gasteiger partial charge on any atom is -0.461 e. The molecular formula is C15H21NO3S. The smallest absolute Gasteiger partial charge is 0.306 e. The van der Waals surface area contributed by atoms with Gasteiger partial charge in [0.25, 0.3) is 0 Å². The van der Waals surface area contributed by atoms with Gasteiger partial charge in [-0.2, -0.15) is 4.40 Å². The molecule has 1 atom stereocenters. The molecule has 0 bridgehead atoms. The minimum absolute atomic E-state index is 0.248. The van der Waals surface area contributed by atoms with Gasteiger partial charge in [0.1, 0.15) is 17.6 Å². The van der Waals surface area contributed by atoms with Crippen LogP contribution in [0.15, 0.2) is 34.7 Å². The molecule has 0 N–H and O–H groups in total. The molecule has 1 aromatic carbocycles. The van der Waals surface area contributed by atoms with Crippen molar-refractivity contribution < 1.29 is 13.7 Å². The molecule has 1 unspecified atom stereocenters. The van der Waals surface area contributed by atoms with Crippen molar-refractivity contribution in [2.45, 2.75) is 45.0 Å². The third kappa shape index (κ3) is 6.61. The van der Waals surface area contributed by atoms with E-state index in [0.29, 0.717) is 6.42 Å². The van der Waals surface area contributed by atoms with Gasteiger partial charge < -0.3 is 4.74 Å². The number of hydrogen-bond acceptors (Lipinski definition) is 3. The number of esters is 1. The van der Waals surface area contributed by atoms with Crippen molar-refractivity contribution in [2.75, 3.05) is 0 Å². The molecule has 1 aromatic rings. The van der Waals surface area contributed by atoms with Crippen LogP contribution >= 0.6 is 0 Å². The maximum Gasteiger partial charge on any atom is 0.306 e. The summed E-state index contributed by atoms with van der Waals surface area (Å²) in [5, 5.41) is 0. The molecular weight excluding hydrogens is 274 g/mol. The Bertz CT molecular complexity index is 478. The van der Waals surface area contributed by atoms with E-state index < -0.39 is 11.0 Å². The lowest BCUT2D eigenvalue weighted by Crippen LogP contribution is -2.19. The first-order chi connectivity index (χ1) is 9.39. The zero-order valence-corrected chi connectivity index (χ0v) is 13.0. The maximum absolute atomic E-state index is 11.6. The van der Waals surface area contributed by atoms with Crippen molar-refractivity contribution in [3.8, 4) is 0 Å². The molecule has 0 aliphatic carbocycles. The lowest BCUT2D eigenvalue weighted by atomic mass is 10.2. The van der Waals surface area contributed by atoms with Crippen LogP contribution in [0.5, 0.6) is 0 Å². The van der Waals surface area contributed by atoms with Crippen LogP contribution in [0.2, 0.25) is 0 Å². The third-order valence-corrected chi connectivity index (χ3v) is 3.80. The van der Waals surface area contributed by atoms with Crippen LogP contribution in [-0.4, -0.2) is 21.1 Å². The zero-order valence-electron chi connectivity index (χ0n) is 12.2. The molecule has 20 heavy (non-hydrogen) atoms. The first-order valence-electron chi connectivity index (χ1n) is 6.53. The van der Waals surface area contributed by atoms with E-state index in [2.05, 4.69) is 4.40 Å². The van der Waals surface area contributed by atoms with E-state index in [1.807, 2.05) is 51.1 Å². The van der Waals surface area contributed by atoms with Gasteiger partial charge in [0, 0.05) is 6.21 Å². The van der Waals surface area contributed by atoms with Crippen LogP contribution in [0.3, 0.4) is 0 Å². The van der Waals surface area contributed by atoms with E-state index in [-0.39, 0.29) is 23.7 Å². The van der Waals surface area contributed by atoms with Crippen LogP contribution in [-0.2, 0) is 27.1 Å². The number of rotatable bonds is 6. The monoisotopic (exact) mass is 295 g/mol. The van der Waals surface area contributed by atoms with E-state index in [9.17, 15) is 9.00 Å². The number of hydrogen-bond donors (Lipinski definition) is 0. The number of carbonyl (C=O) groups excluding carboxylic acids is 1. The highest BCUT2D eigenvalue weighted by Crippen LogP contribution is 2.11. The van der Waals surface area contributed by atoms with Gasteiger partial charge in [0.2, 0.25) is 0 Å². The standard InChI is InChI=1S/C15H21NO3S/c1-15(2,3)20(18)16-11-7-10-14(17)19-12-13-8-5-4-6-9-13/h4-6,8-9,11H,7,10,12H2,1-3H3/b16-11+. The fraction of sp³-hybridized carbons (Fsp3) is 0.467. The molecule has 0 saturated heterocycles. The molecule has 0 saturated carbocycles. The van der Waals surface area contributed by atoms with Crippen molar-refractivity contribution >= 4 is 23.2 Å². The molecule has 4 nitrogen and oxygen atoms in total. The van der Waals surface area contributed by atoms with Crippen molar-refractivity contribution in [1.82, 2.24) is 0 Å². The second kappa shape index (κ2) is 7.94. The summed E-state index contributed by atoms with van der Waals surface area (Å²) in [5.41, 5.74) is 0.961. The molecule has 110 valence electrons. The summed E-state index contributed by atoms with van der Waals surface area (Å²) in [6.07, 6.45) is 2.22. The Morgan fingerprint density at radius 3 is 2.55 bits per heavy atom. The van der Waals surface area contributed by atoms with Gasteiger partial charge in [-0.3, -0.25) is 4.79 Å². The van der Waals surface area contributed by atoms with Gasteiger partial charge >= 0.3 is 5.97 Å². The first kappa shape index (κ1) is 16.6. The Balaban J connectivity index is 2.24. The van der Waals surface area contributed by atoms with Crippen molar-refractivity contribution in [3.63, 3.8) is 0 Å². The van der Waals surface area contributed by atoms with Gasteiger partial charge in [-0.15, -0.1) is 0 Å². The zero-order chi connectivity index (χ0) is 15.0. The van der Waals surface area contributed by atoms with Crippen LogP contribution in [0.25, 0.3) is 0 Å². The molecule has 0 amide bonds. The molecule has 5 heteroatoms. The summed E-state index contributed by atoms with van der Waals surface area (Å²) in [4.78, 5) is 11.5. The normalized spacial score (nSPS) is 13.3. The summed E-state index contributed by atoms with van der Waals surface area (Å²) in [6, 6.07) is 9.52. The summed E-state index contributed by atoms with van der Waals surface area (Å²) < 4.78 is 20.3. The fourth-order valence-corrected chi connectivity index (χ4v) is 1.83. The fourth-order valence-electron chi connectivity index (χ4n) is 1.27. The Morgan fingerprint density at radius 2 is 1.95 bits per heavy atom. The molecule has 0 aromatic heterocycles. The summed E-state index contributed by atoms with van der Waals surface area (Å²) >= 11 is 0. The minimum atomic E-state index is -1.27. The van der Waals surface area contributed by atoms with E-state index in [4.69, 9.17) is 4.74 Å². The van der Waals surface area contributed by atoms with Crippen LogP contribution in [0.1, 0.15) is 39.2 Å². The largest absolute Gasteiger partial charge is 0.461 e. The Morgan fingerprint density at radius 1 is 1.30 bits per heavy atom. The molecule has 0 spiro atoms. The van der Waals surface area contributed by atoms with E-state index in [1.165, 1.54) is 6.21 Å². The van der Waals surface area contributed by atoms with Crippen LogP contribution in [0, 0.1) is 0 Å². The van der Waals surface area contributed by atoms with Gasteiger partial charge in [0.05, 0.1) is 11.2 Å². The van der Waals surface area contributed by atoms with Gasteiger partial charge in [-0.05, 0) is 32.8 Å². The number of benzene rings is 1. The summed E-state index contributed by atoms with van der Waals surface area (Å²) in [7, 11) is -1.27. The highest BCUT2D eigenvalue weighted by Gasteiger charge is 2.17. The molecule has 0 fully saturated rings. The van der Waals surface area contributed by atoms with Gasteiger partial charge in [-0.1, -0.05) is 30.3 Å². The topological polar surface area (TPSA) is 55.7 Å². The van der Waals surface area contributed by atoms with Crippen molar-refractivity contribution in [1.29, 1.82) is 0 Å².